The molecule has 0 aromatic carbocycles. The largest absolute Gasteiger partial charge is 0.299 e. The summed E-state index contributed by atoms with van der Waals surface area (Å²) in [6, 6.07) is 0. The fraction of sp³-hybridized carbons (Fsp3) is 0.889. The van der Waals surface area contributed by atoms with E-state index in [-0.39, 0.29) is 26.7 Å². The molecule has 0 aliphatic rings. The molecule has 64 valence electrons. The molecule has 0 aliphatic heterocycles. The van der Waals surface area contributed by atoms with Gasteiger partial charge in [-0.2, -0.15) is 0 Å². The molecule has 10 heavy (non-hydrogen) atoms. The van der Waals surface area contributed by atoms with E-state index in [0.717, 1.165) is 0 Å². The molecule has 0 fully saturated rings. The molecular formula is C9H22O. The summed E-state index contributed by atoms with van der Waals surface area (Å²) in [7, 11) is 0. The van der Waals surface area contributed by atoms with Gasteiger partial charge in [-0.3, -0.25) is 4.79 Å². The van der Waals surface area contributed by atoms with Crippen molar-refractivity contribution < 1.29 is 4.79 Å². The van der Waals surface area contributed by atoms with E-state index in [2.05, 4.69) is 0 Å². The summed E-state index contributed by atoms with van der Waals surface area (Å²) in [6.45, 7) is 7.73. The van der Waals surface area contributed by atoms with Crippen molar-refractivity contribution in [3.05, 3.63) is 0 Å². The van der Waals surface area contributed by atoms with Crippen LogP contribution in [-0.4, -0.2) is 5.78 Å². The number of Topliss-reactive ketones (excluding diaryl/α,β-unsaturated/α-hetero) is 1. The van der Waals surface area contributed by atoms with Gasteiger partial charge < -0.3 is 0 Å². The number of rotatable bonds is 2. The van der Waals surface area contributed by atoms with Gasteiger partial charge in [0.25, 0.3) is 0 Å². The fourth-order valence-electron chi connectivity index (χ4n) is 0.667. The molecule has 0 amide bonds. The lowest BCUT2D eigenvalue weighted by Gasteiger charge is -2.05. The Morgan fingerprint density at radius 1 is 0.900 bits per heavy atom. The Labute approximate surface area is 65.8 Å². The van der Waals surface area contributed by atoms with Gasteiger partial charge in [0.05, 0.1) is 0 Å². The molecule has 1 heteroatoms. The van der Waals surface area contributed by atoms with Gasteiger partial charge in [0.1, 0.15) is 5.78 Å². The van der Waals surface area contributed by atoms with Gasteiger partial charge in [0.15, 0.2) is 0 Å². The monoisotopic (exact) mass is 146 g/mol. The van der Waals surface area contributed by atoms with Crippen molar-refractivity contribution >= 4 is 5.78 Å². The van der Waals surface area contributed by atoms with Crippen LogP contribution in [0.3, 0.4) is 0 Å². The second-order valence-corrected chi connectivity index (χ2v) is 2.71. The summed E-state index contributed by atoms with van der Waals surface area (Å²) in [5.74, 6) is 0.759. The molecule has 0 unspecified atom stereocenters. The Morgan fingerprint density at radius 3 is 1.10 bits per heavy atom. The molecule has 0 aromatic heterocycles. The predicted octanol–water partition coefficient (Wildman–Crippen LogP) is 3.14. The number of hydrogen-bond acceptors (Lipinski definition) is 1. The highest BCUT2D eigenvalue weighted by Crippen LogP contribution is 2.03. The number of ketones is 1. The second-order valence-electron chi connectivity index (χ2n) is 2.71. The van der Waals surface area contributed by atoms with Crippen molar-refractivity contribution in [3.63, 3.8) is 0 Å². The number of carbonyl (C=O) groups is 1. The smallest absolute Gasteiger partial charge is 0.137 e. The van der Waals surface area contributed by atoms with Crippen molar-refractivity contribution in [1.82, 2.24) is 0 Å². The summed E-state index contributed by atoms with van der Waals surface area (Å²) in [4.78, 5) is 10.8. The van der Waals surface area contributed by atoms with Crippen molar-refractivity contribution in [2.24, 2.45) is 11.8 Å². The van der Waals surface area contributed by atoms with Crippen LogP contribution >= 0.6 is 0 Å². The predicted molar refractivity (Wildman–Crippen MR) is 48.1 cm³/mol. The van der Waals surface area contributed by atoms with Gasteiger partial charge in [-0.25, -0.2) is 0 Å². The van der Waals surface area contributed by atoms with E-state index < -0.39 is 0 Å². The van der Waals surface area contributed by atoms with E-state index >= 15 is 0 Å². The van der Waals surface area contributed by atoms with Crippen LogP contribution < -0.4 is 0 Å². The van der Waals surface area contributed by atoms with Gasteiger partial charge in [0, 0.05) is 11.8 Å². The minimum atomic E-state index is 0. The Balaban J connectivity index is -0.000000245. The van der Waals surface area contributed by atoms with Crippen LogP contribution in [0.2, 0.25) is 0 Å². The maximum Gasteiger partial charge on any atom is 0.137 e. The van der Waals surface area contributed by atoms with E-state index in [1.807, 2.05) is 27.7 Å². The first kappa shape index (κ1) is 16.3. The van der Waals surface area contributed by atoms with Gasteiger partial charge in [0.2, 0.25) is 0 Å². The van der Waals surface area contributed by atoms with Crippen molar-refractivity contribution in [3.8, 4) is 0 Å². The third-order valence-corrected chi connectivity index (χ3v) is 1.14. The van der Waals surface area contributed by atoms with E-state index in [1.165, 1.54) is 0 Å². The molecule has 0 heterocycles. The van der Waals surface area contributed by atoms with Crippen LogP contribution in [0.15, 0.2) is 0 Å². The van der Waals surface area contributed by atoms with Gasteiger partial charge in [-0.15, -0.1) is 0 Å². The molecule has 0 saturated heterocycles. The molecule has 0 aromatic rings. The van der Waals surface area contributed by atoms with E-state index in [1.54, 1.807) is 0 Å². The first-order chi connectivity index (χ1) is 3.55. The lowest BCUT2D eigenvalue weighted by molar-refractivity contribution is -0.124. The highest BCUT2D eigenvalue weighted by molar-refractivity contribution is 5.81. The lowest BCUT2D eigenvalue weighted by atomic mass is 9.99. The molecule has 0 rings (SSSR count). The molecule has 0 aliphatic carbocycles. The quantitative estimate of drug-likeness (QED) is 0.585. The highest BCUT2D eigenvalue weighted by Gasteiger charge is 2.09. The number of carbonyl (C=O) groups excluding carboxylic acids is 1. The number of hydrogen-bond donors (Lipinski definition) is 0. The fourth-order valence-corrected chi connectivity index (χ4v) is 0.667. The molecule has 1 nitrogen and oxygen atoms in total. The lowest BCUT2D eigenvalue weighted by Crippen LogP contribution is -2.13. The summed E-state index contributed by atoms with van der Waals surface area (Å²) in [5.41, 5.74) is 0. The van der Waals surface area contributed by atoms with Gasteiger partial charge in [-0.1, -0.05) is 42.5 Å². The topological polar surface area (TPSA) is 17.1 Å². The summed E-state index contributed by atoms with van der Waals surface area (Å²) >= 11 is 0. The maximum atomic E-state index is 10.8. The third kappa shape index (κ3) is 5.80. The van der Waals surface area contributed by atoms with Crippen LogP contribution in [0.4, 0.5) is 0 Å². The zero-order valence-corrected chi connectivity index (χ0v) is 6.06. The third-order valence-electron chi connectivity index (χ3n) is 1.14. The van der Waals surface area contributed by atoms with Crippen LogP contribution in [0, 0.1) is 11.8 Å². The minimum Gasteiger partial charge on any atom is -0.299 e. The summed E-state index contributed by atoms with van der Waals surface area (Å²) in [6.07, 6.45) is 0. The van der Waals surface area contributed by atoms with Crippen LogP contribution in [-0.2, 0) is 4.79 Å². The Hall–Kier alpha value is -0.330. The Morgan fingerprint density at radius 2 is 1.10 bits per heavy atom. The molecule has 0 bridgehead atoms. The van der Waals surface area contributed by atoms with Crippen LogP contribution in [0.5, 0.6) is 0 Å². The minimum absolute atomic E-state index is 0. The average Bonchev–Trinajstić information content (AvgIpc) is 1.64. The highest BCUT2D eigenvalue weighted by atomic mass is 16.1. The first-order valence-corrected chi connectivity index (χ1v) is 3.09. The average molecular weight is 146 g/mol. The van der Waals surface area contributed by atoms with Gasteiger partial charge >= 0.3 is 0 Å². The second kappa shape index (κ2) is 6.79. The van der Waals surface area contributed by atoms with E-state index in [4.69, 9.17) is 0 Å². The van der Waals surface area contributed by atoms with Gasteiger partial charge in [-0.05, 0) is 0 Å². The molecule has 0 atom stereocenters. The van der Waals surface area contributed by atoms with E-state index in [9.17, 15) is 4.79 Å². The van der Waals surface area contributed by atoms with Crippen LogP contribution in [0.25, 0.3) is 0 Å². The zero-order chi connectivity index (χ0) is 6.73. The van der Waals surface area contributed by atoms with Crippen molar-refractivity contribution in [1.29, 1.82) is 0 Å². The van der Waals surface area contributed by atoms with Crippen molar-refractivity contribution in [2.45, 2.75) is 42.5 Å². The summed E-state index contributed by atoms with van der Waals surface area (Å²) in [5, 5.41) is 0. The normalized spacial score (nSPS) is 8.60. The summed E-state index contributed by atoms with van der Waals surface area (Å²) < 4.78 is 0. The molecular weight excluding hydrogens is 124 g/mol. The Kier molecular flexibility index (Phi) is 11.1. The first-order valence-electron chi connectivity index (χ1n) is 3.09. The molecule has 0 radical (unpaired) electrons. The maximum absolute atomic E-state index is 10.8. The SMILES string of the molecule is C.C.CC(C)C(=O)C(C)C. The van der Waals surface area contributed by atoms with Crippen molar-refractivity contribution in [2.75, 3.05) is 0 Å². The Bertz CT molecular complexity index is 72.7. The standard InChI is InChI=1S/C7H14O.2CH4/c1-5(2)7(8)6(3)4;;/h5-6H,1-4H3;2*1H4. The zero-order valence-electron chi connectivity index (χ0n) is 6.06. The molecule has 0 spiro atoms. The van der Waals surface area contributed by atoms with E-state index in [0.29, 0.717) is 5.78 Å². The molecule has 0 saturated carbocycles. The molecule has 0 N–H and O–H groups in total. The van der Waals surface area contributed by atoms with Crippen LogP contribution in [0.1, 0.15) is 42.5 Å².